The van der Waals surface area contributed by atoms with E-state index in [1.54, 1.807) is 28.7 Å². The summed E-state index contributed by atoms with van der Waals surface area (Å²) < 4.78 is 7.67. The number of hydrogen-bond acceptors (Lipinski definition) is 6. The highest BCUT2D eigenvalue weighted by molar-refractivity contribution is 8.00. The Balaban J connectivity index is 1.70. The van der Waals surface area contributed by atoms with Crippen LogP contribution in [0.1, 0.15) is 60.9 Å². The number of hydrogen-bond donors (Lipinski definition) is 0. The fraction of sp³-hybridized carbons (Fsp3) is 0.455. The van der Waals surface area contributed by atoms with Gasteiger partial charge in [-0.1, -0.05) is 56.7 Å². The molecule has 2 aliphatic rings. The molecule has 2 aromatic carbocycles. The zero-order valence-corrected chi connectivity index (χ0v) is 27.0. The Labute approximate surface area is 258 Å². The maximum absolute atomic E-state index is 14.1. The lowest BCUT2D eigenvalue weighted by molar-refractivity contribution is -0.137. The van der Waals surface area contributed by atoms with Crippen molar-refractivity contribution < 1.29 is 19.1 Å². The van der Waals surface area contributed by atoms with Gasteiger partial charge in [0.25, 0.3) is 0 Å². The first-order valence-electron chi connectivity index (χ1n) is 14.7. The van der Waals surface area contributed by atoms with E-state index in [0.717, 1.165) is 39.4 Å². The van der Waals surface area contributed by atoms with Gasteiger partial charge in [0.15, 0.2) is 0 Å². The Morgan fingerprint density at radius 1 is 1.02 bits per heavy atom. The van der Waals surface area contributed by atoms with Crippen molar-refractivity contribution >= 4 is 35.3 Å². The third-order valence-electron chi connectivity index (χ3n) is 8.17. The molecule has 3 amide bonds. The van der Waals surface area contributed by atoms with E-state index in [1.807, 2.05) is 48.0 Å². The number of methoxy groups -OCH3 is 1. The Bertz CT molecular complexity index is 1550. The van der Waals surface area contributed by atoms with Crippen LogP contribution in [0.4, 0.5) is 5.82 Å². The number of piperazine rings is 1. The van der Waals surface area contributed by atoms with Crippen LogP contribution in [0.3, 0.4) is 0 Å². The number of carbonyl (C=O) groups is 3. The largest absolute Gasteiger partial charge is 0.496 e. The van der Waals surface area contributed by atoms with E-state index in [9.17, 15) is 14.4 Å². The van der Waals surface area contributed by atoms with Crippen LogP contribution in [0.2, 0.25) is 0 Å². The van der Waals surface area contributed by atoms with Crippen LogP contribution >= 0.6 is 11.8 Å². The standard InChI is InChI=1S/C33H41N5O4S/c1-21-12-13-25(22(2)18-21)38-32-29(31(34-38)33(4,5)6)30(24-10-8-9-11-26(24)42-7)43-20-28(41)37(32)19-27(40)36-16-14-35(15-17-36)23(3)39/h8-13,18,30H,14-17,19-20H2,1-7H3/t30-/m1/s1. The first kappa shape index (κ1) is 30.7. The molecule has 1 saturated heterocycles. The van der Waals surface area contributed by atoms with Gasteiger partial charge in [-0.05, 0) is 31.5 Å². The first-order chi connectivity index (χ1) is 20.4. The van der Waals surface area contributed by atoms with Gasteiger partial charge in [-0.3, -0.25) is 19.3 Å². The second-order valence-corrected chi connectivity index (χ2v) is 13.4. The molecule has 43 heavy (non-hydrogen) atoms. The molecular formula is C33H41N5O4S. The fourth-order valence-electron chi connectivity index (χ4n) is 5.92. The average molecular weight is 604 g/mol. The molecule has 0 radical (unpaired) electrons. The number of para-hydroxylation sites is 1. The molecule has 0 N–H and O–H groups in total. The number of anilines is 1. The predicted molar refractivity (Wildman–Crippen MR) is 170 cm³/mol. The Hall–Kier alpha value is -3.79. The molecule has 1 atom stereocenters. The summed E-state index contributed by atoms with van der Waals surface area (Å²) >= 11 is 1.54. The summed E-state index contributed by atoms with van der Waals surface area (Å²) in [6, 6.07) is 14.1. The maximum Gasteiger partial charge on any atom is 0.242 e. The van der Waals surface area contributed by atoms with E-state index in [2.05, 4.69) is 33.8 Å². The minimum atomic E-state index is -0.360. The van der Waals surface area contributed by atoms with Gasteiger partial charge < -0.3 is 14.5 Å². The number of nitrogens with zero attached hydrogens (tertiary/aromatic N) is 5. The molecule has 3 aromatic rings. The van der Waals surface area contributed by atoms with Crippen molar-refractivity contribution in [1.82, 2.24) is 19.6 Å². The molecule has 228 valence electrons. The highest BCUT2D eigenvalue weighted by Crippen LogP contribution is 2.50. The van der Waals surface area contributed by atoms with Crippen molar-refractivity contribution in [2.24, 2.45) is 0 Å². The topological polar surface area (TPSA) is 88.0 Å². The molecule has 9 nitrogen and oxygen atoms in total. The number of benzene rings is 2. The number of ether oxygens (including phenoxy) is 1. The normalized spacial score (nSPS) is 17.5. The Morgan fingerprint density at radius 2 is 1.70 bits per heavy atom. The minimum Gasteiger partial charge on any atom is -0.496 e. The minimum absolute atomic E-state index is 0.00548. The van der Waals surface area contributed by atoms with Gasteiger partial charge in [0.2, 0.25) is 17.7 Å². The van der Waals surface area contributed by atoms with Gasteiger partial charge in [0.1, 0.15) is 18.1 Å². The molecule has 0 spiro atoms. The maximum atomic E-state index is 14.1. The number of carbonyl (C=O) groups excluding carboxylic acids is 3. The Kier molecular flexibility index (Phi) is 8.61. The molecular weight excluding hydrogens is 562 g/mol. The summed E-state index contributed by atoms with van der Waals surface area (Å²) in [7, 11) is 1.66. The van der Waals surface area contributed by atoms with Crippen molar-refractivity contribution in [2.45, 2.75) is 52.2 Å². The van der Waals surface area contributed by atoms with E-state index in [0.29, 0.717) is 32.0 Å². The molecule has 5 rings (SSSR count). The number of aromatic nitrogens is 2. The van der Waals surface area contributed by atoms with Crippen LogP contribution in [0.15, 0.2) is 42.5 Å². The van der Waals surface area contributed by atoms with Crippen molar-refractivity contribution in [3.63, 3.8) is 0 Å². The number of amides is 3. The molecule has 10 heteroatoms. The second-order valence-electron chi connectivity index (χ2n) is 12.3. The van der Waals surface area contributed by atoms with Crippen molar-refractivity contribution in [3.05, 3.63) is 70.4 Å². The van der Waals surface area contributed by atoms with Crippen molar-refractivity contribution in [3.8, 4) is 11.4 Å². The van der Waals surface area contributed by atoms with Crippen LogP contribution in [0.25, 0.3) is 5.69 Å². The molecule has 0 aliphatic carbocycles. The van der Waals surface area contributed by atoms with Crippen molar-refractivity contribution in [2.75, 3.05) is 50.5 Å². The fourth-order valence-corrected chi connectivity index (χ4v) is 7.14. The molecule has 0 bridgehead atoms. The number of aryl methyl sites for hydroxylation is 2. The summed E-state index contributed by atoms with van der Waals surface area (Å²) in [4.78, 5) is 44.9. The van der Waals surface area contributed by atoms with Crippen LogP contribution in [0, 0.1) is 13.8 Å². The predicted octanol–water partition coefficient (Wildman–Crippen LogP) is 4.66. The third-order valence-corrected chi connectivity index (χ3v) is 9.41. The zero-order chi connectivity index (χ0) is 31.1. The van der Waals surface area contributed by atoms with Gasteiger partial charge in [0.05, 0.1) is 29.5 Å². The van der Waals surface area contributed by atoms with Crippen LogP contribution in [-0.4, -0.2) is 82.9 Å². The summed E-state index contributed by atoms with van der Waals surface area (Å²) in [6.45, 7) is 13.8. The highest BCUT2D eigenvalue weighted by Gasteiger charge is 2.41. The van der Waals surface area contributed by atoms with E-state index < -0.39 is 0 Å². The lowest BCUT2D eigenvalue weighted by atomic mass is 9.87. The quantitative estimate of drug-likeness (QED) is 0.422. The SMILES string of the molecule is COc1ccccc1[C@H]1SCC(=O)N(CC(=O)N2CCN(C(C)=O)CC2)c2c1c(C(C)(C)C)nn2-c1ccc(C)cc1C. The summed E-state index contributed by atoms with van der Waals surface area (Å²) in [6.07, 6.45) is 0. The van der Waals surface area contributed by atoms with Crippen LogP contribution in [-0.2, 0) is 19.8 Å². The third kappa shape index (κ3) is 6.02. The van der Waals surface area contributed by atoms with E-state index >= 15 is 0 Å². The smallest absolute Gasteiger partial charge is 0.242 e. The average Bonchev–Trinajstić information content (AvgIpc) is 3.30. The van der Waals surface area contributed by atoms with Gasteiger partial charge in [-0.25, -0.2) is 4.68 Å². The molecule has 1 aromatic heterocycles. The van der Waals surface area contributed by atoms with Crippen LogP contribution in [0.5, 0.6) is 5.75 Å². The molecule has 3 heterocycles. The zero-order valence-electron chi connectivity index (χ0n) is 26.1. The first-order valence-corrected chi connectivity index (χ1v) is 15.7. The number of thioether (sulfide) groups is 1. The highest BCUT2D eigenvalue weighted by atomic mass is 32.2. The summed E-state index contributed by atoms with van der Waals surface area (Å²) in [5.41, 5.74) is 5.41. The number of rotatable bonds is 5. The van der Waals surface area contributed by atoms with Gasteiger partial charge in [-0.15, -0.1) is 11.8 Å². The van der Waals surface area contributed by atoms with Gasteiger partial charge in [-0.2, -0.15) is 5.10 Å². The summed E-state index contributed by atoms with van der Waals surface area (Å²) in [5.74, 6) is 1.27. The molecule has 2 aliphatic heterocycles. The second kappa shape index (κ2) is 12.1. The van der Waals surface area contributed by atoms with Gasteiger partial charge in [0, 0.05) is 49.6 Å². The summed E-state index contributed by atoms with van der Waals surface area (Å²) in [5, 5.41) is 4.98. The lowest BCUT2D eigenvalue weighted by Crippen LogP contribution is -2.53. The molecule has 0 unspecified atom stereocenters. The van der Waals surface area contributed by atoms with Gasteiger partial charge >= 0.3 is 0 Å². The van der Waals surface area contributed by atoms with Crippen LogP contribution < -0.4 is 9.64 Å². The van der Waals surface area contributed by atoms with E-state index in [1.165, 1.54) is 11.8 Å². The number of fused-ring (bicyclic) bond motifs is 1. The lowest BCUT2D eigenvalue weighted by Gasteiger charge is -2.35. The van der Waals surface area contributed by atoms with E-state index in [-0.39, 0.29) is 40.7 Å². The van der Waals surface area contributed by atoms with Crippen molar-refractivity contribution in [1.29, 1.82) is 0 Å². The van der Waals surface area contributed by atoms with E-state index in [4.69, 9.17) is 9.84 Å². The Morgan fingerprint density at radius 3 is 2.33 bits per heavy atom. The monoisotopic (exact) mass is 603 g/mol. The molecule has 1 fully saturated rings. The molecule has 0 saturated carbocycles.